The number of ether oxygens (including phenoxy) is 2. The summed E-state index contributed by atoms with van der Waals surface area (Å²) >= 11 is 1.51. The summed E-state index contributed by atoms with van der Waals surface area (Å²) in [6.45, 7) is 1.82. The van der Waals surface area contributed by atoms with Gasteiger partial charge in [-0.15, -0.1) is 11.8 Å². The van der Waals surface area contributed by atoms with Gasteiger partial charge in [-0.3, -0.25) is 0 Å². The number of sulfone groups is 1. The molecular formula is C18H18O5S2. The molecule has 7 heteroatoms. The van der Waals surface area contributed by atoms with Crippen LogP contribution in [0.15, 0.2) is 58.3 Å². The molecule has 2 aromatic rings. The predicted octanol–water partition coefficient (Wildman–Crippen LogP) is 3.25. The van der Waals surface area contributed by atoms with E-state index in [0.29, 0.717) is 17.3 Å². The van der Waals surface area contributed by atoms with Gasteiger partial charge in [0, 0.05) is 4.90 Å². The molecule has 0 N–H and O–H groups in total. The van der Waals surface area contributed by atoms with Gasteiger partial charge in [-0.2, -0.15) is 0 Å². The Morgan fingerprint density at radius 3 is 2.68 bits per heavy atom. The number of carbonyl (C=O) groups is 1. The van der Waals surface area contributed by atoms with E-state index in [1.165, 1.54) is 11.8 Å². The lowest BCUT2D eigenvalue weighted by atomic mass is 10.1. The highest BCUT2D eigenvalue weighted by Crippen LogP contribution is 2.46. The second kappa shape index (κ2) is 7.49. The smallest absolute Gasteiger partial charge is 0.344 e. The van der Waals surface area contributed by atoms with Gasteiger partial charge in [0.2, 0.25) is 0 Å². The average molecular weight is 378 g/mol. The van der Waals surface area contributed by atoms with E-state index in [1.807, 2.05) is 30.3 Å². The van der Waals surface area contributed by atoms with Crippen molar-refractivity contribution in [2.75, 3.05) is 19.0 Å². The van der Waals surface area contributed by atoms with Gasteiger partial charge in [-0.1, -0.05) is 18.2 Å². The highest BCUT2D eigenvalue weighted by Gasteiger charge is 2.35. The molecule has 1 atom stereocenters. The number of benzene rings is 2. The molecule has 0 saturated carbocycles. The van der Waals surface area contributed by atoms with Crippen molar-refractivity contribution >= 4 is 27.6 Å². The van der Waals surface area contributed by atoms with E-state index in [2.05, 4.69) is 0 Å². The van der Waals surface area contributed by atoms with Crippen LogP contribution in [0.2, 0.25) is 0 Å². The summed E-state index contributed by atoms with van der Waals surface area (Å²) < 4.78 is 35.0. The first-order valence-electron chi connectivity index (χ1n) is 7.86. The quantitative estimate of drug-likeness (QED) is 0.719. The molecule has 0 amide bonds. The molecular weight excluding hydrogens is 360 g/mol. The van der Waals surface area contributed by atoms with Crippen LogP contribution in [-0.2, 0) is 19.4 Å². The van der Waals surface area contributed by atoms with Gasteiger partial charge in [0.1, 0.15) is 5.75 Å². The van der Waals surface area contributed by atoms with Crippen LogP contribution in [0.25, 0.3) is 0 Å². The van der Waals surface area contributed by atoms with Gasteiger partial charge in [-0.25, -0.2) is 13.2 Å². The number of thioether (sulfide) groups is 1. The topological polar surface area (TPSA) is 69.7 Å². The van der Waals surface area contributed by atoms with Gasteiger partial charge in [0.15, 0.2) is 16.4 Å². The van der Waals surface area contributed by atoms with Crippen molar-refractivity contribution in [2.24, 2.45) is 0 Å². The highest BCUT2D eigenvalue weighted by molar-refractivity contribution is 8.01. The Balaban J connectivity index is 1.82. The molecule has 0 saturated heterocycles. The second-order valence-corrected chi connectivity index (χ2v) is 8.77. The minimum Gasteiger partial charge on any atom is -0.482 e. The molecule has 1 aliphatic rings. The second-order valence-electron chi connectivity index (χ2n) is 5.49. The van der Waals surface area contributed by atoms with E-state index in [4.69, 9.17) is 9.47 Å². The van der Waals surface area contributed by atoms with E-state index in [-0.39, 0.29) is 17.6 Å². The molecule has 0 radical (unpaired) electrons. The summed E-state index contributed by atoms with van der Waals surface area (Å²) in [4.78, 5) is 12.8. The zero-order chi connectivity index (χ0) is 17.9. The molecule has 2 aromatic carbocycles. The van der Waals surface area contributed by atoms with Crippen molar-refractivity contribution in [3.05, 3.63) is 54.1 Å². The van der Waals surface area contributed by atoms with Gasteiger partial charge < -0.3 is 9.47 Å². The zero-order valence-corrected chi connectivity index (χ0v) is 15.3. The van der Waals surface area contributed by atoms with Crippen molar-refractivity contribution in [3.63, 3.8) is 0 Å². The molecule has 132 valence electrons. The lowest BCUT2D eigenvalue weighted by Crippen LogP contribution is -2.14. The summed E-state index contributed by atoms with van der Waals surface area (Å²) in [5, 5.41) is -0.200. The summed E-state index contributed by atoms with van der Waals surface area (Å²) in [5.41, 5.74) is 0.718. The third-order valence-electron chi connectivity index (χ3n) is 3.72. The third-order valence-corrected chi connectivity index (χ3v) is 6.99. The zero-order valence-electron chi connectivity index (χ0n) is 13.7. The van der Waals surface area contributed by atoms with Crippen molar-refractivity contribution in [1.29, 1.82) is 0 Å². The van der Waals surface area contributed by atoms with Crippen molar-refractivity contribution in [2.45, 2.75) is 22.0 Å². The number of carbonyl (C=O) groups excluding carboxylic acids is 1. The van der Waals surface area contributed by atoms with Crippen LogP contribution in [0.1, 0.15) is 17.7 Å². The number of rotatable bonds is 6. The van der Waals surface area contributed by atoms with E-state index >= 15 is 0 Å². The summed E-state index contributed by atoms with van der Waals surface area (Å²) in [6.07, 6.45) is 0. The standard InChI is InChI=1S/C18H18O5S2/c1-2-22-18(19)11-23-13-8-9-17-15(10-13)16(12-25(17,20)21)24-14-6-4-3-5-7-14/h3-10,16H,2,11-12H2,1H3. The minimum atomic E-state index is -3.30. The van der Waals surface area contributed by atoms with Crippen LogP contribution in [-0.4, -0.2) is 33.4 Å². The first kappa shape index (κ1) is 17.8. The van der Waals surface area contributed by atoms with Crippen LogP contribution in [0.4, 0.5) is 0 Å². The van der Waals surface area contributed by atoms with Gasteiger partial charge in [0.05, 0.1) is 22.5 Å². The van der Waals surface area contributed by atoms with Crippen LogP contribution in [0, 0.1) is 0 Å². The Kier molecular flexibility index (Phi) is 5.34. The van der Waals surface area contributed by atoms with Crippen LogP contribution in [0.3, 0.4) is 0 Å². The lowest BCUT2D eigenvalue weighted by Gasteiger charge is -2.11. The average Bonchev–Trinajstić information content (AvgIpc) is 2.84. The third kappa shape index (κ3) is 4.16. The van der Waals surface area contributed by atoms with Gasteiger partial charge in [0.25, 0.3) is 0 Å². The number of hydrogen-bond donors (Lipinski definition) is 0. The van der Waals surface area contributed by atoms with Crippen LogP contribution in [0.5, 0.6) is 5.75 Å². The largest absolute Gasteiger partial charge is 0.482 e. The van der Waals surface area contributed by atoms with E-state index in [9.17, 15) is 13.2 Å². The van der Waals surface area contributed by atoms with Crippen LogP contribution >= 0.6 is 11.8 Å². The normalized spacial score (nSPS) is 17.7. The van der Waals surface area contributed by atoms with Crippen molar-refractivity contribution in [3.8, 4) is 5.75 Å². The Morgan fingerprint density at radius 1 is 1.20 bits per heavy atom. The highest BCUT2D eigenvalue weighted by atomic mass is 32.2. The summed E-state index contributed by atoms with van der Waals surface area (Å²) in [7, 11) is -3.30. The minimum absolute atomic E-state index is 0.0588. The molecule has 1 unspecified atom stereocenters. The molecule has 0 fully saturated rings. The molecule has 0 spiro atoms. The first-order valence-corrected chi connectivity index (χ1v) is 10.4. The molecule has 0 aromatic heterocycles. The van der Waals surface area contributed by atoms with Crippen molar-refractivity contribution < 1.29 is 22.7 Å². The Morgan fingerprint density at radius 2 is 1.96 bits per heavy atom. The molecule has 5 nitrogen and oxygen atoms in total. The maximum absolute atomic E-state index is 12.4. The predicted molar refractivity (Wildman–Crippen MR) is 95.7 cm³/mol. The summed E-state index contributed by atoms with van der Waals surface area (Å²) in [6, 6.07) is 14.5. The molecule has 1 heterocycles. The molecule has 3 rings (SSSR count). The maximum atomic E-state index is 12.4. The van der Waals surface area contributed by atoms with E-state index in [0.717, 1.165) is 10.5 Å². The fraction of sp³-hybridized carbons (Fsp3) is 0.278. The number of hydrogen-bond acceptors (Lipinski definition) is 6. The SMILES string of the molecule is CCOC(=O)COc1ccc2c(c1)C(Sc1ccccc1)CS2(=O)=O. The monoisotopic (exact) mass is 378 g/mol. The van der Waals surface area contributed by atoms with E-state index in [1.54, 1.807) is 25.1 Å². The molecule has 25 heavy (non-hydrogen) atoms. The van der Waals surface area contributed by atoms with Crippen LogP contribution < -0.4 is 4.74 Å². The summed E-state index contributed by atoms with van der Waals surface area (Å²) in [5.74, 6) is 0.0665. The fourth-order valence-electron chi connectivity index (χ4n) is 2.64. The first-order chi connectivity index (χ1) is 12.0. The maximum Gasteiger partial charge on any atom is 0.344 e. The Bertz CT molecular complexity index is 862. The van der Waals surface area contributed by atoms with Gasteiger partial charge in [-0.05, 0) is 42.8 Å². The number of fused-ring (bicyclic) bond motifs is 1. The molecule has 0 aliphatic carbocycles. The van der Waals surface area contributed by atoms with E-state index < -0.39 is 15.8 Å². The van der Waals surface area contributed by atoms with Crippen molar-refractivity contribution in [1.82, 2.24) is 0 Å². The fourth-order valence-corrected chi connectivity index (χ4v) is 6.08. The lowest BCUT2D eigenvalue weighted by molar-refractivity contribution is -0.145. The number of esters is 1. The molecule has 0 bridgehead atoms. The molecule has 1 aliphatic heterocycles. The van der Waals surface area contributed by atoms with Gasteiger partial charge >= 0.3 is 5.97 Å². The Hall–Kier alpha value is -1.99. The Labute approximate surface area is 151 Å².